The first-order valence-corrected chi connectivity index (χ1v) is 14.7. The molecule has 0 aliphatic heterocycles. The molecule has 4 atom stereocenters. The lowest BCUT2D eigenvalue weighted by atomic mass is 9.70. The molecule has 0 saturated carbocycles. The fourth-order valence-corrected chi connectivity index (χ4v) is 6.26. The number of allylic oxidation sites excluding steroid dienone is 1. The van der Waals surface area contributed by atoms with Gasteiger partial charge in [0.05, 0.1) is 25.7 Å². The van der Waals surface area contributed by atoms with Gasteiger partial charge in [-0.25, -0.2) is 0 Å². The summed E-state index contributed by atoms with van der Waals surface area (Å²) < 4.78 is 21.8. The van der Waals surface area contributed by atoms with E-state index in [0.717, 1.165) is 36.0 Å². The largest absolute Gasteiger partial charge is 0.497 e. The highest BCUT2D eigenvalue weighted by atomic mass is 16.6. The van der Waals surface area contributed by atoms with E-state index in [0.29, 0.717) is 5.75 Å². The Hall–Kier alpha value is -4.85. The number of fused-ring (bicyclic) bond motifs is 1. The van der Waals surface area contributed by atoms with E-state index in [1.807, 2.05) is 36.4 Å². The summed E-state index contributed by atoms with van der Waals surface area (Å²) in [4.78, 5) is 37.1. The second kappa shape index (κ2) is 13.6. The van der Waals surface area contributed by atoms with Crippen LogP contribution < -0.4 is 9.47 Å². The zero-order valence-corrected chi connectivity index (χ0v) is 24.6. The minimum atomic E-state index is -1.04. The lowest BCUT2D eigenvalue weighted by Gasteiger charge is -2.32. The molecule has 2 aliphatic rings. The Kier molecular flexibility index (Phi) is 9.48. The summed E-state index contributed by atoms with van der Waals surface area (Å²) in [6.07, 6.45) is 5.82. The Morgan fingerprint density at radius 1 is 0.955 bits per heavy atom. The highest BCUT2D eigenvalue weighted by Gasteiger charge is 2.42. The first-order chi connectivity index (χ1) is 21.3. The number of esters is 2. The first kappa shape index (κ1) is 30.6. The molecule has 0 amide bonds. The van der Waals surface area contributed by atoms with Gasteiger partial charge in [-0.15, -0.1) is 0 Å². The molecule has 4 unspecified atom stereocenters. The number of methoxy groups -OCH3 is 1. The molecule has 0 aromatic heterocycles. The smallest absolute Gasteiger partial charge is 0.313 e. The van der Waals surface area contributed by atoms with Crippen LogP contribution in [0.4, 0.5) is 0 Å². The van der Waals surface area contributed by atoms with Crippen molar-refractivity contribution in [2.75, 3.05) is 13.7 Å². The number of hydrogen-bond acceptors (Lipinski definition) is 7. The van der Waals surface area contributed by atoms with Crippen LogP contribution in [0.15, 0.2) is 97.8 Å². The molecular formula is C36H36O8. The number of carboxylic acid groups (broad SMARTS) is 1. The van der Waals surface area contributed by atoms with Gasteiger partial charge in [0.2, 0.25) is 0 Å². The van der Waals surface area contributed by atoms with Crippen LogP contribution in [0.5, 0.6) is 11.5 Å². The van der Waals surface area contributed by atoms with Crippen LogP contribution in [0.3, 0.4) is 0 Å². The maximum atomic E-state index is 13.2. The van der Waals surface area contributed by atoms with Crippen molar-refractivity contribution in [3.05, 3.63) is 120 Å². The molecule has 0 bridgehead atoms. The third-order valence-electron chi connectivity index (χ3n) is 8.55. The van der Waals surface area contributed by atoms with E-state index in [-0.39, 0.29) is 31.3 Å². The van der Waals surface area contributed by atoms with Crippen LogP contribution >= 0.6 is 0 Å². The van der Waals surface area contributed by atoms with Gasteiger partial charge in [0.1, 0.15) is 30.1 Å². The van der Waals surface area contributed by atoms with Gasteiger partial charge in [-0.05, 0) is 65.8 Å². The number of rotatable bonds is 12. The number of benzene rings is 3. The summed E-state index contributed by atoms with van der Waals surface area (Å²) >= 11 is 0. The minimum absolute atomic E-state index is 0.156. The van der Waals surface area contributed by atoms with Gasteiger partial charge >= 0.3 is 17.9 Å². The number of carbonyl (C=O) groups excluding carboxylic acids is 2. The molecule has 0 radical (unpaired) electrons. The summed E-state index contributed by atoms with van der Waals surface area (Å²) in [7, 11) is 1.65. The Labute approximate surface area is 256 Å². The van der Waals surface area contributed by atoms with Gasteiger partial charge < -0.3 is 24.1 Å². The van der Waals surface area contributed by atoms with Crippen molar-refractivity contribution >= 4 is 17.9 Å². The van der Waals surface area contributed by atoms with Gasteiger partial charge in [0.15, 0.2) is 0 Å². The van der Waals surface area contributed by atoms with Crippen LogP contribution in [-0.4, -0.2) is 42.8 Å². The molecule has 8 heteroatoms. The molecule has 5 rings (SSSR count). The van der Waals surface area contributed by atoms with Crippen molar-refractivity contribution in [3.63, 3.8) is 0 Å². The second-order valence-electron chi connectivity index (χ2n) is 11.0. The van der Waals surface area contributed by atoms with Crippen LogP contribution in [-0.2, 0) is 35.7 Å². The van der Waals surface area contributed by atoms with E-state index in [1.54, 1.807) is 19.3 Å². The summed E-state index contributed by atoms with van der Waals surface area (Å²) in [6.45, 7) is 3.24. The third-order valence-corrected chi connectivity index (χ3v) is 8.55. The number of carbonyl (C=O) groups is 3. The van der Waals surface area contributed by atoms with Gasteiger partial charge in [0.25, 0.3) is 0 Å². The fraction of sp³-hybridized carbons (Fsp3) is 0.306. The van der Waals surface area contributed by atoms with Crippen molar-refractivity contribution < 1.29 is 38.4 Å². The van der Waals surface area contributed by atoms with E-state index in [4.69, 9.17) is 18.9 Å². The van der Waals surface area contributed by atoms with Crippen LogP contribution in [0, 0.1) is 11.8 Å². The van der Waals surface area contributed by atoms with E-state index >= 15 is 0 Å². The standard InChI is InChI=1S/C36H36O8/c1-3-42-33(37)22-25(35(40)44-32-11-7-5-9-30(32)34(38)39)23-43-29-18-14-27(15-19-29)36(26-12-16-28(41-2)17-13-26)21-20-24-8-4-6-10-31(24)36/h3-8,10,12-19,25,30,32H,1,9,11,20-23H2,2H3,(H,38,39). The highest BCUT2D eigenvalue weighted by Crippen LogP contribution is 2.49. The number of hydrogen-bond donors (Lipinski definition) is 1. The summed E-state index contributed by atoms with van der Waals surface area (Å²) in [5.74, 6) is -2.96. The topological polar surface area (TPSA) is 108 Å². The fourth-order valence-electron chi connectivity index (χ4n) is 6.26. The van der Waals surface area contributed by atoms with Gasteiger partial charge in [0, 0.05) is 11.8 Å². The van der Waals surface area contributed by atoms with E-state index in [2.05, 4.69) is 43.0 Å². The molecule has 0 heterocycles. The maximum Gasteiger partial charge on any atom is 0.313 e. The van der Waals surface area contributed by atoms with Crippen molar-refractivity contribution in [3.8, 4) is 11.5 Å². The average molecular weight is 597 g/mol. The van der Waals surface area contributed by atoms with Crippen LogP contribution in [0.1, 0.15) is 47.9 Å². The van der Waals surface area contributed by atoms with Gasteiger partial charge in [-0.3, -0.25) is 14.4 Å². The molecule has 3 aromatic carbocycles. The van der Waals surface area contributed by atoms with Crippen LogP contribution in [0.2, 0.25) is 0 Å². The monoisotopic (exact) mass is 596 g/mol. The molecule has 8 nitrogen and oxygen atoms in total. The molecule has 0 fully saturated rings. The summed E-state index contributed by atoms with van der Waals surface area (Å²) in [5.41, 5.74) is 4.50. The van der Waals surface area contributed by atoms with Crippen molar-refractivity contribution in [2.45, 2.75) is 43.6 Å². The molecule has 228 valence electrons. The highest BCUT2D eigenvalue weighted by molar-refractivity contribution is 5.81. The number of ether oxygens (including phenoxy) is 4. The molecule has 1 N–H and O–H groups in total. The number of carboxylic acids is 1. The van der Waals surface area contributed by atoms with Gasteiger partial charge in [-0.2, -0.15) is 0 Å². The molecule has 2 aliphatic carbocycles. The number of aliphatic carboxylic acids is 1. The van der Waals surface area contributed by atoms with E-state index < -0.39 is 35.8 Å². The molecule has 0 spiro atoms. The van der Waals surface area contributed by atoms with E-state index in [9.17, 15) is 19.5 Å². The van der Waals surface area contributed by atoms with Crippen molar-refractivity contribution in [2.24, 2.45) is 11.8 Å². The van der Waals surface area contributed by atoms with Crippen molar-refractivity contribution in [1.29, 1.82) is 0 Å². The average Bonchev–Trinajstić information content (AvgIpc) is 3.44. The maximum absolute atomic E-state index is 13.2. The molecular weight excluding hydrogens is 560 g/mol. The Morgan fingerprint density at radius 3 is 2.27 bits per heavy atom. The predicted octanol–water partition coefficient (Wildman–Crippen LogP) is 6.01. The Balaban J connectivity index is 1.36. The first-order valence-electron chi connectivity index (χ1n) is 14.7. The Bertz CT molecular complexity index is 1520. The summed E-state index contributed by atoms with van der Waals surface area (Å²) in [5, 5.41) is 9.56. The minimum Gasteiger partial charge on any atom is -0.497 e. The SMILES string of the molecule is C=COC(=O)CC(COc1ccc(C2(c3ccc(OC)cc3)CCc3ccccc32)cc1)C(=O)OC1CC=CCC1C(=O)O. The quantitative estimate of drug-likeness (QED) is 0.154. The predicted molar refractivity (Wildman–Crippen MR) is 163 cm³/mol. The lowest BCUT2D eigenvalue weighted by molar-refractivity contribution is -0.165. The van der Waals surface area contributed by atoms with Gasteiger partial charge in [-0.1, -0.05) is 67.3 Å². The third kappa shape index (κ3) is 6.39. The molecule has 44 heavy (non-hydrogen) atoms. The number of aryl methyl sites for hydroxylation is 1. The molecule has 0 saturated heterocycles. The Morgan fingerprint density at radius 2 is 1.61 bits per heavy atom. The van der Waals surface area contributed by atoms with Crippen LogP contribution in [0.25, 0.3) is 0 Å². The lowest BCUT2D eigenvalue weighted by Crippen LogP contribution is -2.37. The van der Waals surface area contributed by atoms with E-state index in [1.165, 1.54) is 11.1 Å². The zero-order chi connectivity index (χ0) is 31.1. The summed E-state index contributed by atoms with van der Waals surface area (Å²) in [6, 6.07) is 24.5. The van der Waals surface area contributed by atoms with Crippen molar-refractivity contribution in [1.82, 2.24) is 0 Å². The molecule has 3 aromatic rings. The zero-order valence-electron chi connectivity index (χ0n) is 24.6. The normalized spacial score (nSPS) is 21.0. The second-order valence-corrected chi connectivity index (χ2v) is 11.0.